The van der Waals surface area contributed by atoms with E-state index in [0.717, 1.165) is 6.42 Å². The Morgan fingerprint density at radius 2 is 2.12 bits per heavy atom. The van der Waals surface area contributed by atoms with Gasteiger partial charge in [0.25, 0.3) is 0 Å². The molecule has 3 atom stereocenters. The van der Waals surface area contributed by atoms with E-state index < -0.39 is 11.4 Å². The summed E-state index contributed by atoms with van der Waals surface area (Å²) in [5.41, 5.74) is -0.262. The molecule has 0 radical (unpaired) electrons. The van der Waals surface area contributed by atoms with Gasteiger partial charge in [0.2, 0.25) is 0 Å². The van der Waals surface area contributed by atoms with Crippen molar-refractivity contribution in [3.63, 3.8) is 0 Å². The molecule has 0 bridgehead atoms. The van der Waals surface area contributed by atoms with Crippen molar-refractivity contribution in [2.24, 2.45) is 0 Å². The number of carbonyl (C=O) groups is 1. The molecular weight excluding hydrogens is 220 g/mol. The molecule has 1 aliphatic heterocycles. The summed E-state index contributed by atoms with van der Waals surface area (Å²) in [5, 5.41) is 0. The molecule has 0 aromatic rings. The van der Waals surface area contributed by atoms with E-state index in [9.17, 15) is 4.79 Å². The van der Waals surface area contributed by atoms with Gasteiger partial charge >= 0.3 is 5.97 Å². The van der Waals surface area contributed by atoms with Crippen LogP contribution in [0.4, 0.5) is 0 Å². The molecule has 1 saturated heterocycles. The van der Waals surface area contributed by atoms with Gasteiger partial charge in [-0.05, 0) is 27.2 Å². The Morgan fingerprint density at radius 1 is 1.53 bits per heavy atom. The molecule has 0 aromatic carbocycles. The minimum absolute atomic E-state index is 0.157. The predicted molar refractivity (Wildman–Crippen MR) is 64.5 cm³/mol. The fourth-order valence-corrected chi connectivity index (χ4v) is 2.25. The summed E-state index contributed by atoms with van der Waals surface area (Å²) in [7, 11) is 1.60. The van der Waals surface area contributed by atoms with Gasteiger partial charge in [0.15, 0.2) is 5.79 Å². The molecule has 0 amide bonds. The Hall–Kier alpha value is -0.870. The molecule has 1 aliphatic rings. The second-order valence-corrected chi connectivity index (χ2v) is 5.01. The van der Waals surface area contributed by atoms with Crippen molar-refractivity contribution in [1.82, 2.24) is 0 Å². The number of ether oxygens (including phenoxy) is 3. The number of rotatable bonds is 4. The van der Waals surface area contributed by atoms with E-state index in [4.69, 9.17) is 14.2 Å². The largest absolute Gasteiger partial charge is 0.453 e. The van der Waals surface area contributed by atoms with Gasteiger partial charge in [-0.2, -0.15) is 0 Å². The number of carbonyl (C=O) groups excluding carboxylic acids is 1. The smallest absolute Gasteiger partial charge is 0.333 e. The SMILES string of the molecule is C=C(C)C(=O)OC1(C)CC(C)(OC)OC1CC. The van der Waals surface area contributed by atoms with Crippen LogP contribution in [0.3, 0.4) is 0 Å². The summed E-state index contributed by atoms with van der Waals surface area (Å²) in [6.45, 7) is 11.0. The minimum Gasteiger partial charge on any atom is -0.453 e. The van der Waals surface area contributed by atoms with Crippen LogP contribution in [0.15, 0.2) is 12.2 Å². The Kier molecular flexibility index (Phi) is 3.99. The van der Waals surface area contributed by atoms with E-state index >= 15 is 0 Å². The molecule has 4 nitrogen and oxygen atoms in total. The molecule has 0 spiro atoms. The Labute approximate surface area is 103 Å². The van der Waals surface area contributed by atoms with Crippen LogP contribution in [0.25, 0.3) is 0 Å². The first kappa shape index (κ1) is 14.2. The van der Waals surface area contributed by atoms with Crippen LogP contribution < -0.4 is 0 Å². The second-order valence-electron chi connectivity index (χ2n) is 5.01. The van der Waals surface area contributed by atoms with E-state index in [1.54, 1.807) is 14.0 Å². The van der Waals surface area contributed by atoms with Gasteiger partial charge in [-0.3, -0.25) is 0 Å². The third-order valence-electron chi connectivity index (χ3n) is 3.22. The van der Waals surface area contributed by atoms with E-state index in [-0.39, 0.29) is 12.1 Å². The maximum atomic E-state index is 11.6. The topological polar surface area (TPSA) is 44.8 Å². The van der Waals surface area contributed by atoms with Gasteiger partial charge in [-0.15, -0.1) is 0 Å². The number of hydrogen-bond acceptors (Lipinski definition) is 4. The monoisotopic (exact) mass is 242 g/mol. The molecule has 1 fully saturated rings. The fourth-order valence-electron chi connectivity index (χ4n) is 2.25. The summed E-state index contributed by atoms with van der Waals surface area (Å²) in [6.07, 6.45) is 1.13. The predicted octanol–water partition coefficient (Wildman–Crippen LogP) is 2.43. The van der Waals surface area contributed by atoms with E-state index in [1.165, 1.54) is 0 Å². The average Bonchev–Trinajstić information content (AvgIpc) is 2.50. The van der Waals surface area contributed by atoms with Crippen molar-refractivity contribution in [2.75, 3.05) is 7.11 Å². The Bertz CT molecular complexity index is 325. The minimum atomic E-state index is -0.690. The van der Waals surface area contributed by atoms with Crippen molar-refractivity contribution in [2.45, 2.75) is 58.0 Å². The third-order valence-corrected chi connectivity index (χ3v) is 3.22. The zero-order valence-electron chi connectivity index (χ0n) is 11.3. The van der Waals surface area contributed by atoms with Gasteiger partial charge in [0, 0.05) is 19.1 Å². The van der Waals surface area contributed by atoms with Crippen LogP contribution in [-0.2, 0) is 19.0 Å². The van der Waals surface area contributed by atoms with Crippen LogP contribution >= 0.6 is 0 Å². The number of esters is 1. The summed E-state index contributed by atoms with van der Waals surface area (Å²) >= 11 is 0. The molecular formula is C13H22O4. The van der Waals surface area contributed by atoms with Crippen molar-refractivity contribution < 1.29 is 19.0 Å². The van der Waals surface area contributed by atoms with Crippen LogP contribution in [0.2, 0.25) is 0 Å². The quantitative estimate of drug-likeness (QED) is 0.561. The summed E-state index contributed by atoms with van der Waals surface area (Å²) in [6, 6.07) is 0. The normalized spacial score (nSPS) is 36.9. The summed E-state index contributed by atoms with van der Waals surface area (Å²) < 4.78 is 16.7. The lowest BCUT2D eigenvalue weighted by Crippen LogP contribution is -2.40. The summed E-state index contributed by atoms with van der Waals surface area (Å²) in [5.74, 6) is -1.07. The Balaban J connectivity index is 2.86. The summed E-state index contributed by atoms with van der Waals surface area (Å²) in [4.78, 5) is 11.6. The molecule has 4 heteroatoms. The molecule has 98 valence electrons. The fraction of sp³-hybridized carbons (Fsp3) is 0.769. The van der Waals surface area contributed by atoms with Crippen LogP contribution in [0.1, 0.15) is 40.5 Å². The Morgan fingerprint density at radius 3 is 2.53 bits per heavy atom. The van der Waals surface area contributed by atoms with Crippen molar-refractivity contribution in [3.8, 4) is 0 Å². The standard InChI is InChI=1S/C13H22O4/c1-7-10-12(4,17-11(14)9(2)3)8-13(5,15-6)16-10/h10H,2,7-8H2,1,3-6H3. The lowest BCUT2D eigenvalue weighted by atomic mass is 9.93. The zero-order chi connectivity index (χ0) is 13.3. The van der Waals surface area contributed by atoms with Crippen LogP contribution in [-0.4, -0.2) is 30.6 Å². The molecule has 0 aliphatic carbocycles. The lowest BCUT2D eigenvalue weighted by molar-refractivity contribution is -0.201. The highest BCUT2D eigenvalue weighted by Gasteiger charge is 2.53. The molecule has 17 heavy (non-hydrogen) atoms. The average molecular weight is 242 g/mol. The van der Waals surface area contributed by atoms with E-state index in [2.05, 4.69) is 6.58 Å². The van der Waals surface area contributed by atoms with Crippen LogP contribution in [0.5, 0.6) is 0 Å². The second kappa shape index (κ2) is 4.78. The van der Waals surface area contributed by atoms with Gasteiger partial charge < -0.3 is 14.2 Å². The number of hydrogen-bond donors (Lipinski definition) is 0. The van der Waals surface area contributed by atoms with Crippen molar-refractivity contribution in [3.05, 3.63) is 12.2 Å². The first-order chi connectivity index (χ1) is 7.76. The first-order valence-corrected chi connectivity index (χ1v) is 5.88. The highest BCUT2D eigenvalue weighted by Crippen LogP contribution is 2.42. The number of methoxy groups -OCH3 is 1. The molecule has 0 saturated carbocycles. The van der Waals surface area contributed by atoms with Crippen LogP contribution in [0, 0.1) is 0 Å². The van der Waals surface area contributed by atoms with Gasteiger partial charge in [0.1, 0.15) is 11.7 Å². The van der Waals surface area contributed by atoms with Gasteiger partial charge in [-0.25, -0.2) is 4.79 Å². The molecule has 0 N–H and O–H groups in total. The van der Waals surface area contributed by atoms with Crippen molar-refractivity contribution in [1.29, 1.82) is 0 Å². The van der Waals surface area contributed by atoms with Crippen molar-refractivity contribution >= 4 is 5.97 Å². The highest BCUT2D eigenvalue weighted by atomic mass is 16.7. The van der Waals surface area contributed by atoms with Gasteiger partial charge in [-0.1, -0.05) is 13.5 Å². The first-order valence-electron chi connectivity index (χ1n) is 5.88. The molecule has 1 rings (SSSR count). The maximum Gasteiger partial charge on any atom is 0.333 e. The van der Waals surface area contributed by atoms with Gasteiger partial charge in [0.05, 0.1) is 0 Å². The lowest BCUT2D eigenvalue weighted by Gasteiger charge is -2.28. The molecule has 0 aromatic heterocycles. The molecule has 3 unspecified atom stereocenters. The zero-order valence-corrected chi connectivity index (χ0v) is 11.3. The highest BCUT2D eigenvalue weighted by molar-refractivity contribution is 5.87. The van der Waals surface area contributed by atoms with E-state index in [0.29, 0.717) is 12.0 Å². The molecule has 1 heterocycles. The van der Waals surface area contributed by atoms with E-state index in [1.807, 2.05) is 20.8 Å². The third kappa shape index (κ3) is 2.87. The maximum absolute atomic E-state index is 11.6.